The first kappa shape index (κ1) is 24.0. The van der Waals surface area contributed by atoms with Crippen LogP contribution in [0.25, 0.3) is 10.9 Å². The molecule has 1 saturated heterocycles. The van der Waals surface area contributed by atoms with Gasteiger partial charge in [0, 0.05) is 37.4 Å². The largest absolute Gasteiger partial charge is 0.369 e. The van der Waals surface area contributed by atoms with Gasteiger partial charge in [-0.1, -0.05) is 48.5 Å². The molecule has 8 nitrogen and oxygen atoms in total. The van der Waals surface area contributed by atoms with Crippen LogP contribution < -0.4 is 10.5 Å². The molecular formula is C29H28FN7O. The van der Waals surface area contributed by atoms with Crippen LogP contribution in [0, 0.1) is 12.7 Å². The molecule has 1 fully saturated rings. The summed E-state index contributed by atoms with van der Waals surface area (Å²) in [7, 11) is 0. The van der Waals surface area contributed by atoms with Gasteiger partial charge in [0.15, 0.2) is 5.82 Å². The number of aromatic nitrogens is 5. The number of aromatic amines is 1. The predicted octanol–water partition coefficient (Wildman–Crippen LogP) is 3.92. The Balaban J connectivity index is 1.39. The molecule has 2 aromatic heterocycles. The van der Waals surface area contributed by atoms with Gasteiger partial charge in [-0.25, -0.2) is 9.07 Å². The van der Waals surface area contributed by atoms with Crippen molar-refractivity contribution in [2.75, 3.05) is 31.1 Å². The van der Waals surface area contributed by atoms with Gasteiger partial charge in [0.25, 0.3) is 5.56 Å². The quantitative estimate of drug-likeness (QED) is 0.374. The number of H-pyrrole nitrogens is 1. The summed E-state index contributed by atoms with van der Waals surface area (Å²) in [5.74, 6) is 0.290. The Bertz CT molecular complexity index is 1610. The average molecular weight is 510 g/mol. The number of fused-ring (bicyclic) bond motifs is 1. The summed E-state index contributed by atoms with van der Waals surface area (Å²) >= 11 is 0. The first-order valence-electron chi connectivity index (χ1n) is 12.7. The lowest BCUT2D eigenvalue weighted by Crippen LogP contribution is -2.49. The molecule has 0 aliphatic carbocycles. The van der Waals surface area contributed by atoms with Crippen LogP contribution in [0.2, 0.25) is 0 Å². The highest BCUT2D eigenvalue weighted by molar-refractivity contribution is 5.82. The van der Waals surface area contributed by atoms with Crippen LogP contribution in [0.3, 0.4) is 0 Å². The summed E-state index contributed by atoms with van der Waals surface area (Å²) in [4.78, 5) is 21.3. The van der Waals surface area contributed by atoms with Crippen molar-refractivity contribution in [1.82, 2.24) is 30.1 Å². The van der Waals surface area contributed by atoms with Gasteiger partial charge in [-0.05, 0) is 64.2 Å². The van der Waals surface area contributed by atoms with Gasteiger partial charge < -0.3 is 9.88 Å². The van der Waals surface area contributed by atoms with Crippen LogP contribution in [-0.2, 0) is 6.54 Å². The molecule has 1 aliphatic rings. The number of hydrogen-bond acceptors (Lipinski definition) is 6. The van der Waals surface area contributed by atoms with E-state index in [0.29, 0.717) is 17.9 Å². The number of halogens is 1. The number of para-hydroxylation sites is 2. The van der Waals surface area contributed by atoms with E-state index in [0.717, 1.165) is 48.2 Å². The van der Waals surface area contributed by atoms with Gasteiger partial charge in [-0.3, -0.25) is 9.69 Å². The van der Waals surface area contributed by atoms with Gasteiger partial charge in [0.05, 0.1) is 12.1 Å². The average Bonchev–Trinajstić information content (AvgIpc) is 3.39. The highest BCUT2D eigenvalue weighted by Gasteiger charge is 2.33. The minimum absolute atomic E-state index is 0.154. The Hall–Kier alpha value is -4.37. The fourth-order valence-corrected chi connectivity index (χ4v) is 5.26. The molecule has 1 aliphatic heterocycles. The number of anilines is 1. The van der Waals surface area contributed by atoms with Crippen molar-refractivity contribution in [2.24, 2.45) is 0 Å². The molecule has 9 heteroatoms. The summed E-state index contributed by atoms with van der Waals surface area (Å²) in [6.45, 7) is 5.44. The minimum Gasteiger partial charge on any atom is -0.369 e. The molecule has 0 radical (unpaired) electrons. The molecule has 1 N–H and O–H groups in total. The van der Waals surface area contributed by atoms with E-state index in [1.54, 1.807) is 16.8 Å². The highest BCUT2D eigenvalue weighted by Crippen LogP contribution is 2.29. The van der Waals surface area contributed by atoms with Gasteiger partial charge in [0.2, 0.25) is 0 Å². The third-order valence-electron chi connectivity index (χ3n) is 7.26. The lowest BCUT2D eigenvalue weighted by atomic mass is 10.0. The van der Waals surface area contributed by atoms with Crippen molar-refractivity contribution < 1.29 is 4.39 Å². The van der Waals surface area contributed by atoms with E-state index >= 15 is 0 Å². The predicted molar refractivity (Wildman–Crippen MR) is 145 cm³/mol. The molecule has 5 aromatic rings. The van der Waals surface area contributed by atoms with E-state index in [4.69, 9.17) is 0 Å². The van der Waals surface area contributed by atoms with Gasteiger partial charge in [-0.2, -0.15) is 0 Å². The number of nitrogens with zero attached hydrogens (tertiary/aromatic N) is 6. The van der Waals surface area contributed by atoms with Crippen molar-refractivity contribution in [3.8, 4) is 0 Å². The number of tetrazole rings is 1. The third-order valence-corrected chi connectivity index (χ3v) is 7.26. The van der Waals surface area contributed by atoms with Gasteiger partial charge in [-0.15, -0.1) is 5.10 Å². The van der Waals surface area contributed by atoms with Crippen molar-refractivity contribution in [2.45, 2.75) is 19.5 Å². The van der Waals surface area contributed by atoms with Crippen LogP contribution in [-0.4, -0.2) is 56.3 Å². The van der Waals surface area contributed by atoms with Crippen LogP contribution >= 0.6 is 0 Å². The topological polar surface area (TPSA) is 82.9 Å². The monoisotopic (exact) mass is 509 g/mol. The van der Waals surface area contributed by atoms with Crippen molar-refractivity contribution in [3.05, 3.63) is 118 Å². The molecule has 38 heavy (non-hydrogen) atoms. The second kappa shape index (κ2) is 10.2. The van der Waals surface area contributed by atoms with Crippen LogP contribution in [0.15, 0.2) is 83.7 Å². The number of benzene rings is 3. The van der Waals surface area contributed by atoms with Crippen molar-refractivity contribution in [3.63, 3.8) is 0 Å². The van der Waals surface area contributed by atoms with Crippen LogP contribution in [0.4, 0.5) is 10.1 Å². The fraction of sp³-hybridized carbons (Fsp3) is 0.241. The zero-order chi connectivity index (χ0) is 26.1. The van der Waals surface area contributed by atoms with E-state index in [2.05, 4.69) is 42.4 Å². The van der Waals surface area contributed by atoms with E-state index < -0.39 is 6.04 Å². The van der Waals surface area contributed by atoms with Crippen molar-refractivity contribution in [1.29, 1.82) is 0 Å². The maximum Gasteiger partial charge on any atom is 0.253 e. The number of hydrogen-bond donors (Lipinski definition) is 1. The molecule has 1 unspecified atom stereocenters. The molecule has 0 spiro atoms. The van der Waals surface area contributed by atoms with Gasteiger partial charge in [0.1, 0.15) is 11.9 Å². The van der Waals surface area contributed by atoms with Crippen LogP contribution in [0.1, 0.15) is 28.6 Å². The Kier molecular flexibility index (Phi) is 6.43. The summed E-state index contributed by atoms with van der Waals surface area (Å²) < 4.78 is 15.2. The number of rotatable bonds is 6. The highest BCUT2D eigenvalue weighted by atomic mass is 19.1. The van der Waals surface area contributed by atoms with Crippen LogP contribution in [0.5, 0.6) is 0 Å². The molecular weight excluding hydrogens is 481 g/mol. The number of aryl methyl sites for hydroxylation is 1. The number of piperazine rings is 1. The fourth-order valence-electron chi connectivity index (χ4n) is 5.26. The zero-order valence-electron chi connectivity index (χ0n) is 21.1. The van der Waals surface area contributed by atoms with E-state index in [9.17, 15) is 9.18 Å². The first-order chi connectivity index (χ1) is 18.6. The maximum absolute atomic E-state index is 13.5. The molecule has 0 bridgehead atoms. The smallest absolute Gasteiger partial charge is 0.253 e. The molecule has 0 saturated carbocycles. The summed E-state index contributed by atoms with van der Waals surface area (Å²) in [6.07, 6.45) is 0. The van der Waals surface area contributed by atoms with E-state index in [1.807, 2.05) is 49.4 Å². The summed E-state index contributed by atoms with van der Waals surface area (Å²) in [5, 5.41) is 13.6. The SMILES string of the molecule is Cc1cccc2cc(C(c3nnnn3Cc3ccc(F)cc3)N3CCN(c4ccccc4)CC3)c(=O)[nH]c12. The Morgan fingerprint density at radius 1 is 0.947 bits per heavy atom. The second-order valence-electron chi connectivity index (χ2n) is 9.68. The first-order valence-corrected chi connectivity index (χ1v) is 12.7. The minimum atomic E-state index is -0.447. The Labute approximate surface area is 219 Å². The van der Waals surface area contributed by atoms with Crippen molar-refractivity contribution >= 4 is 16.6 Å². The standard InChI is InChI=1S/C29H28FN7O/c1-20-6-5-7-22-18-25(29(38)31-26(20)22)27(36-16-14-35(15-17-36)24-8-3-2-4-9-24)28-32-33-34-37(28)19-21-10-12-23(30)13-11-21/h2-13,18,27H,14-17,19H2,1H3,(H,31,38). The lowest BCUT2D eigenvalue weighted by Gasteiger charge is -2.39. The number of pyridine rings is 1. The normalized spacial score (nSPS) is 15.2. The summed E-state index contributed by atoms with van der Waals surface area (Å²) in [5.41, 5.74) is 4.35. The molecule has 6 rings (SSSR count). The third kappa shape index (κ3) is 4.68. The molecule has 192 valence electrons. The van der Waals surface area contributed by atoms with Gasteiger partial charge >= 0.3 is 0 Å². The lowest BCUT2D eigenvalue weighted by molar-refractivity contribution is 0.200. The summed E-state index contributed by atoms with van der Waals surface area (Å²) in [6, 6.07) is 24.1. The van der Waals surface area contributed by atoms with E-state index in [-0.39, 0.29) is 11.4 Å². The maximum atomic E-state index is 13.5. The Morgan fingerprint density at radius 3 is 2.47 bits per heavy atom. The molecule has 0 amide bonds. The zero-order valence-corrected chi connectivity index (χ0v) is 21.1. The molecule has 1 atom stereocenters. The molecule has 3 aromatic carbocycles. The van der Waals surface area contributed by atoms with E-state index in [1.165, 1.54) is 17.8 Å². The molecule has 3 heterocycles. The number of nitrogens with one attached hydrogen (secondary N) is 1. The second-order valence-corrected chi connectivity index (χ2v) is 9.68. The Morgan fingerprint density at radius 2 is 1.71 bits per heavy atom.